The van der Waals surface area contributed by atoms with Crippen molar-refractivity contribution >= 4 is 39.9 Å². The zero-order valence-electron chi connectivity index (χ0n) is 16.8. The number of imidazole rings is 1. The summed E-state index contributed by atoms with van der Waals surface area (Å²) in [5.41, 5.74) is 10.3. The average Bonchev–Trinajstić information content (AvgIpc) is 3.35. The number of hydrogen-bond acceptors (Lipinski definition) is 10. The molecule has 6 N–H and O–H groups in total. The summed E-state index contributed by atoms with van der Waals surface area (Å²) in [6.07, 6.45) is -1.41. The molecule has 2 unspecified atom stereocenters. The molecule has 5 rings (SSSR count). The number of aromatic nitrogens is 4. The molecular formula is C21H21N7O4. The standard InChI is InChI=1S/C21H21N7O4/c22-18-15-19(28(10-23-15)20-17(31)16(30)14(9-29)32-20)26-21(25-18)27-24-8-11-5-6-12-3-1-2-4-13(12)7-11/h1-8,10,14,16-17,20,29-31H,9H2,(H3,22,25,26,27)/t14-,16?,17?,20-/m1/s1. The lowest BCUT2D eigenvalue weighted by atomic mass is 10.1. The quantitative estimate of drug-likeness (QED) is 0.223. The number of aliphatic hydroxyl groups excluding tert-OH is 3. The fraction of sp³-hybridized carbons (Fsp3) is 0.238. The first-order chi connectivity index (χ1) is 15.5. The summed E-state index contributed by atoms with van der Waals surface area (Å²) in [5, 5.41) is 36.1. The summed E-state index contributed by atoms with van der Waals surface area (Å²) in [6, 6.07) is 14.0. The van der Waals surface area contributed by atoms with E-state index < -0.39 is 31.1 Å². The summed E-state index contributed by atoms with van der Waals surface area (Å²) in [6.45, 7) is -0.436. The van der Waals surface area contributed by atoms with Gasteiger partial charge in [-0.25, -0.2) is 10.4 Å². The number of nitrogens with zero attached hydrogens (tertiary/aromatic N) is 5. The minimum atomic E-state index is -1.27. The molecule has 1 fully saturated rings. The SMILES string of the molecule is Nc1nc(NN=Cc2ccc3ccccc3c2)nc2c1ncn2[C@@H]1O[C@H](CO)C(O)C1O. The second-order valence-corrected chi connectivity index (χ2v) is 7.46. The van der Waals surface area contributed by atoms with Crippen molar-refractivity contribution in [1.82, 2.24) is 19.5 Å². The Bertz CT molecular complexity index is 1310. The van der Waals surface area contributed by atoms with Gasteiger partial charge in [0.15, 0.2) is 17.7 Å². The smallest absolute Gasteiger partial charge is 0.247 e. The van der Waals surface area contributed by atoms with E-state index in [0.717, 1.165) is 16.3 Å². The van der Waals surface area contributed by atoms with Crippen LogP contribution in [0.1, 0.15) is 11.8 Å². The van der Waals surface area contributed by atoms with Gasteiger partial charge in [-0.05, 0) is 22.4 Å². The van der Waals surface area contributed by atoms with Crippen LogP contribution in [-0.4, -0.2) is 66.0 Å². The van der Waals surface area contributed by atoms with Gasteiger partial charge in [-0.1, -0.05) is 36.4 Å². The summed E-state index contributed by atoms with van der Waals surface area (Å²) in [4.78, 5) is 12.7. The third-order valence-corrected chi connectivity index (χ3v) is 5.39. The summed E-state index contributed by atoms with van der Waals surface area (Å²) >= 11 is 0. The molecule has 1 saturated heterocycles. The van der Waals surface area contributed by atoms with Crippen molar-refractivity contribution in [3.63, 3.8) is 0 Å². The molecule has 0 bridgehead atoms. The molecule has 1 aliphatic rings. The van der Waals surface area contributed by atoms with Crippen LogP contribution in [0.3, 0.4) is 0 Å². The number of hydrogen-bond donors (Lipinski definition) is 5. The lowest BCUT2D eigenvalue weighted by molar-refractivity contribution is -0.0511. The van der Waals surface area contributed by atoms with Crippen LogP contribution in [0, 0.1) is 0 Å². The predicted octanol–water partition coefficient (Wildman–Crippen LogP) is 0.619. The van der Waals surface area contributed by atoms with Crippen LogP contribution in [0.4, 0.5) is 11.8 Å². The van der Waals surface area contributed by atoms with Gasteiger partial charge < -0.3 is 25.8 Å². The normalized spacial score (nSPS) is 23.5. The number of rotatable bonds is 5. The van der Waals surface area contributed by atoms with E-state index in [9.17, 15) is 15.3 Å². The second kappa shape index (κ2) is 8.13. The number of benzene rings is 2. The lowest BCUT2D eigenvalue weighted by Crippen LogP contribution is -2.33. The molecule has 0 spiro atoms. The molecule has 11 heteroatoms. The molecular weight excluding hydrogens is 414 g/mol. The van der Waals surface area contributed by atoms with E-state index in [2.05, 4.69) is 25.5 Å². The highest BCUT2D eigenvalue weighted by Crippen LogP contribution is 2.32. The Hall–Kier alpha value is -3.64. The van der Waals surface area contributed by atoms with E-state index >= 15 is 0 Å². The summed E-state index contributed by atoms with van der Waals surface area (Å²) < 4.78 is 7.00. The van der Waals surface area contributed by atoms with Gasteiger partial charge in [0.2, 0.25) is 5.95 Å². The van der Waals surface area contributed by atoms with Gasteiger partial charge in [-0.15, -0.1) is 0 Å². The lowest BCUT2D eigenvalue weighted by Gasteiger charge is -2.16. The fourth-order valence-electron chi connectivity index (χ4n) is 3.74. The molecule has 4 atom stereocenters. The molecule has 0 aliphatic carbocycles. The Labute approximate surface area is 181 Å². The van der Waals surface area contributed by atoms with E-state index in [1.54, 1.807) is 6.21 Å². The van der Waals surface area contributed by atoms with Gasteiger partial charge in [-0.2, -0.15) is 15.1 Å². The number of nitrogens with two attached hydrogens (primary N) is 1. The molecule has 32 heavy (non-hydrogen) atoms. The number of nitrogen functional groups attached to an aromatic ring is 1. The van der Waals surface area contributed by atoms with Crippen LogP contribution in [0.2, 0.25) is 0 Å². The van der Waals surface area contributed by atoms with Crippen LogP contribution >= 0.6 is 0 Å². The van der Waals surface area contributed by atoms with Crippen LogP contribution in [0.5, 0.6) is 0 Å². The van der Waals surface area contributed by atoms with Gasteiger partial charge in [0.25, 0.3) is 0 Å². The topological polar surface area (TPSA) is 164 Å². The number of nitrogens with one attached hydrogen (secondary N) is 1. The van der Waals surface area contributed by atoms with Gasteiger partial charge >= 0.3 is 0 Å². The number of fused-ring (bicyclic) bond motifs is 2. The van der Waals surface area contributed by atoms with Crippen LogP contribution in [0.25, 0.3) is 21.9 Å². The van der Waals surface area contributed by atoms with Crippen molar-refractivity contribution in [2.75, 3.05) is 17.8 Å². The van der Waals surface area contributed by atoms with E-state index in [4.69, 9.17) is 10.5 Å². The first kappa shape index (κ1) is 20.3. The van der Waals surface area contributed by atoms with Gasteiger partial charge in [0, 0.05) is 0 Å². The largest absolute Gasteiger partial charge is 0.394 e. The molecule has 164 valence electrons. The maximum atomic E-state index is 10.3. The maximum absolute atomic E-state index is 10.3. The van der Waals surface area contributed by atoms with Gasteiger partial charge in [0.05, 0.1) is 19.1 Å². The third-order valence-electron chi connectivity index (χ3n) is 5.39. The highest BCUT2D eigenvalue weighted by atomic mass is 16.6. The molecule has 3 heterocycles. The summed E-state index contributed by atoms with van der Waals surface area (Å²) in [5.74, 6) is 0.240. The fourth-order valence-corrected chi connectivity index (χ4v) is 3.74. The second-order valence-electron chi connectivity index (χ2n) is 7.46. The van der Waals surface area contributed by atoms with Crippen molar-refractivity contribution in [3.05, 3.63) is 54.4 Å². The Morgan fingerprint density at radius 2 is 1.94 bits per heavy atom. The Morgan fingerprint density at radius 1 is 1.12 bits per heavy atom. The minimum Gasteiger partial charge on any atom is -0.394 e. The molecule has 11 nitrogen and oxygen atoms in total. The predicted molar refractivity (Wildman–Crippen MR) is 118 cm³/mol. The van der Waals surface area contributed by atoms with Crippen LogP contribution in [-0.2, 0) is 4.74 Å². The van der Waals surface area contributed by atoms with E-state index in [0.29, 0.717) is 5.52 Å². The number of aliphatic hydroxyl groups is 3. The first-order valence-corrected chi connectivity index (χ1v) is 9.95. The van der Waals surface area contributed by atoms with Crippen molar-refractivity contribution < 1.29 is 20.1 Å². The molecule has 0 saturated carbocycles. The highest BCUT2D eigenvalue weighted by molar-refractivity contribution is 5.90. The highest BCUT2D eigenvalue weighted by Gasteiger charge is 2.44. The van der Waals surface area contributed by atoms with Crippen molar-refractivity contribution in [2.24, 2.45) is 5.10 Å². The average molecular weight is 435 g/mol. The van der Waals surface area contributed by atoms with Crippen molar-refractivity contribution in [3.8, 4) is 0 Å². The number of ether oxygens (including phenoxy) is 1. The number of anilines is 2. The zero-order valence-corrected chi connectivity index (χ0v) is 16.8. The Kier molecular flexibility index (Phi) is 5.15. The third kappa shape index (κ3) is 3.52. The molecule has 2 aromatic heterocycles. The molecule has 0 radical (unpaired) electrons. The van der Waals surface area contributed by atoms with Gasteiger partial charge in [-0.3, -0.25) is 4.57 Å². The Morgan fingerprint density at radius 3 is 2.72 bits per heavy atom. The molecule has 1 aliphatic heterocycles. The van der Waals surface area contributed by atoms with E-state index in [-0.39, 0.29) is 17.4 Å². The maximum Gasteiger partial charge on any atom is 0.247 e. The molecule has 4 aromatic rings. The number of hydrazone groups is 1. The van der Waals surface area contributed by atoms with E-state index in [1.165, 1.54) is 10.9 Å². The van der Waals surface area contributed by atoms with Crippen molar-refractivity contribution in [2.45, 2.75) is 24.5 Å². The monoisotopic (exact) mass is 435 g/mol. The first-order valence-electron chi connectivity index (χ1n) is 9.95. The zero-order chi connectivity index (χ0) is 22.2. The van der Waals surface area contributed by atoms with Crippen LogP contribution in [0.15, 0.2) is 53.9 Å². The Balaban J connectivity index is 1.41. The minimum absolute atomic E-state index is 0.115. The van der Waals surface area contributed by atoms with Crippen LogP contribution < -0.4 is 11.2 Å². The molecule has 2 aromatic carbocycles. The van der Waals surface area contributed by atoms with E-state index in [1.807, 2.05) is 42.5 Å². The molecule has 0 amide bonds. The van der Waals surface area contributed by atoms with Gasteiger partial charge in [0.1, 0.15) is 23.8 Å². The van der Waals surface area contributed by atoms with Crippen molar-refractivity contribution in [1.29, 1.82) is 0 Å². The summed E-state index contributed by atoms with van der Waals surface area (Å²) in [7, 11) is 0.